The maximum atomic E-state index is 12.2. The van der Waals surface area contributed by atoms with Crippen LogP contribution in [0.4, 0.5) is 0 Å². The molecule has 0 spiro atoms. The number of H-pyrrole nitrogens is 1. The zero-order chi connectivity index (χ0) is 16.7. The topological polar surface area (TPSA) is 67.0 Å². The molecule has 0 bridgehead atoms. The number of para-hydroxylation sites is 1. The molecule has 1 aliphatic rings. The number of esters is 1. The second-order valence-corrected chi connectivity index (χ2v) is 6.15. The Morgan fingerprint density at radius 3 is 2.88 bits per heavy atom. The summed E-state index contributed by atoms with van der Waals surface area (Å²) in [5.41, 5.74) is 5.34. The van der Waals surface area contributed by atoms with Crippen LogP contribution in [0.3, 0.4) is 0 Å². The van der Waals surface area contributed by atoms with Crippen molar-refractivity contribution in [2.24, 2.45) is 0 Å². The lowest BCUT2D eigenvalue weighted by Crippen LogP contribution is -2.46. The van der Waals surface area contributed by atoms with Gasteiger partial charge >= 0.3 is 5.97 Å². The standard InChI is InChI=1S/C19H19N3O2/c1-11-6-5-9-20-16(11)18-17-13(10-15(22-18)19(23)24-2)12-7-3-4-8-14(12)21-17/h3-9,15,18,21-22H,10H2,1-2H3. The zero-order valence-electron chi connectivity index (χ0n) is 13.7. The Balaban J connectivity index is 1.90. The van der Waals surface area contributed by atoms with Gasteiger partial charge in [0.2, 0.25) is 0 Å². The summed E-state index contributed by atoms with van der Waals surface area (Å²) < 4.78 is 4.98. The summed E-state index contributed by atoms with van der Waals surface area (Å²) in [6.07, 6.45) is 2.39. The molecule has 2 atom stereocenters. The van der Waals surface area contributed by atoms with Crippen molar-refractivity contribution in [3.05, 3.63) is 65.1 Å². The SMILES string of the molecule is COC(=O)C1Cc2c([nH]c3ccccc23)C(c2ncccc2C)N1. The van der Waals surface area contributed by atoms with Crippen LogP contribution in [0.5, 0.6) is 0 Å². The molecule has 1 aromatic carbocycles. The van der Waals surface area contributed by atoms with Gasteiger partial charge in [0, 0.05) is 29.2 Å². The molecule has 4 rings (SSSR count). The number of hydrogen-bond donors (Lipinski definition) is 2. The van der Waals surface area contributed by atoms with E-state index in [0.717, 1.165) is 33.4 Å². The molecule has 0 saturated heterocycles. The Bertz CT molecular complexity index is 916. The van der Waals surface area contributed by atoms with Crippen LogP contribution in [0.2, 0.25) is 0 Å². The van der Waals surface area contributed by atoms with Crippen molar-refractivity contribution in [1.82, 2.24) is 15.3 Å². The molecule has 5 heteroatoms. The lowest BCUT2D eigenvalue weighted by molar-refractivity contribution is -0.143. The van der Waals surface area contributed by atoms with E-state index in [9.17, 15) is 4.79 Å². The summed E-state index contributed by atoms with van der Waals surface area (Å²) in [5.74, 6) is -0.246. The minimum atomic E-state index is -0.381. The van der Waals surface area contributed by atoms with Gasteiger partial charge < -0.3 is 9.72 Å². The molecule has 2 N–H and O–H groups in total. The smallest absolute Gasteiger partial charge is 0.323 e. The predicted molar refractivity (Wildman–Crippen MR) is 91.8 cm³/mol. The number of aromatic nitrogens is 2. The minimum Gasteiger partial charge on any atom is -0.468 e. The van der Waals surface area contributed by atoms with Gasteiger partial charge in [0.15, 0.2) is 0 Å². The fourth-order valence-corrected chi connectivity index (χ4v) is 3.54. The van der Waals surface area contributed by atoms with Crippen molar-refractivity contribution in [2.45, 2.75) is 25.4 Å². The molecule has 2 aromatic heterocycles. The Labute approximate surface area is 140 Å². The zero-order valence-corrected chi connectivity index (χ0v) is 13.7. The third-order valence-corrected chi connectivity index (χ3v) is 4.72. The molecule has 3 heterocycles. The van der Waals surface area contributed by atoms with E-state index < -0.39 is 0 Å². The molecule has 0 saturated carbocycles. The van der Waals surface area contributed by atoms with Crippen molar-refractivity contribution in [3.63, 3.8) is 0 Å². The van der Waals surface area contributed by atoms with Crippen LogP contribution < -0.4 is 5.32 Å². The van der Waals surface area contributed by atoms with Gasteiger partial charge in [-0.3, -0.25) is 15.1 Å². The first-order valence-electron chi connectivity index (χ1n) is 8.04. The first kappa shape index (κ1) is 14.9. The van der Waals surface area contributed by atoms with Gasteiger partial charge in [-0.15, -0.1) is 0 Å². The van der Waals surface area contributed by atoms with Gasteiger partial charge in [-0.2, -0.15) is 0 Å². The van der Waals surface area contributed by atoms with Gasteiger partial charge in [0.05, 0.1) is 18.8 Å². The third-order valence-electron chi connectivity index (χ3n) is 4.72. The molecule has 122 valence electrons. The van der Waals surface area contributed by atoms with Crippen LogP contribution in [-0.2, 0) is 16.0 Å². The molecule has 5 nitrogen and oxygen atoms in total. The highest BCUT2D eigenvalue weighted by atomic mass is 16.5. The van der Waals surface area contributed by atoms with Crippen molar-refractivity contribution >= 4 is 16.9 Å². The van der Waals surface area contributed by atoms with E-state index in [2.05, 4.69) is 27.4 Å². The van der Waals surface area contributed by atoms with E-state index >= 15 is 0 Å². The van der Waals surface area contributed by atoms with Crippen LogP contribution in [0.25, 0.3) is 10.9 Å². The van der Waals surface area contributed by atoms with Crippen LogP contribution >= 0.6 is 0 Å². The first-order chi connectivity index (χ1) is 11.7. The fourth-order valence-electron chi connectivity index (χ4n) is 3.54. The number of pyridine rings is 1. The second kappa shape index (κ2) is 5.76. The molecule has 1 aliphatic heterocycles. The second-order valence-electron chi connectivity index (χ2n) is 6.15. The summed E-state index contributed by atoms with van der Waals surface area (Å²) in [7, 11) is 1.43. The third kappa shape index (κ3) is 2.29. The van der Waals surface area contributed by atoms with Crippen molar-refractivity contribution in [2.75, 3.05) is 7.11 Å². The van der Waals surface area contributed by atoms with Gasteiger partial charge in [-0.05, 0) is 30.2 Å². The lowest BCUT2D eigenvalue weighted by Gasteiger charge is -2.30. The first-order valence-corrected chi connectivity index (χ1v) is 8.04. The number of carbonyl (C=O) groups is 1. The number of nitrogens with zero attached hydrogens (tertiary/aromatic N) is 1. The monoisotopic (exact) mass is 321 g/mol. The number of ether oxygens (including phenoxy) is 1. The highest BCUT2D eigenvalue weighted by Crippen LogP contribution is 2.35. The maximum Gasteiger partial charge on any atom is 0.323 e. The van der Waals surface area contributed by atoms with E-state index in [0.29, 0.717) is 6.42 Å². The Morgan fingerprint density at radius 2 is 2.08 bits per heavy atom. The summed E-state index contributed by atoms with van der Waals surface area (Å²) in [6.45, 7) is 2.04. The molecule has 3 aromatic rings. The van der Waals surface area contributed by atoms with E-state index in [1.54, 1.807) is 6.20 Å². The number of benzene rings is 1. The molecule has 24 heavy (non-hydrogen) atoms. The highest BCUT2D eigenvalue weighted by molar-refractivity contribution is 5.87. The average molecular weight is 321 g/mol. The lowest BCUT2D eigenvalue weighted by atomic mass is 9.91. The van der Waals surface area contributed by atoms with E-state index in [1.807, 2.05) is 31.2 Å². The average Bonchev–Trinajstić information content (AvgIpc) is 2.99. The molecule has 0 fully saturated rings. The van der Waals surface area contributed by atoms with Gasteiger partial charge in [0.1, 0.15) is 6.04 Å². The predicted octanol–water partition coefficient (Wildman–Crippen LogP) is 2.65. The number of nitrogens with one attached hydrogen (secondary N) is 2. The highest BCUT2D eigenvalue weighted by Gasteiger charge is 2.35. The summed E-state index contributed by atoms with van der Waals surface area (Å²) >= 11 is 0. The Kier molecular flexibility index (Phi) is 3.58. The largest absolute Gasteiger partial charge is 0.468 e. The number of hydrogen-bond acceptors (Lipinski definition) is 4. The summed E-state index contributed by atoms with van der Waals surface area (Å²) in [5, 5.41) is 4.56. The van der Waals surface area contributed by atoms with Crippen LogP contribution in [-0.4, -0.2) is 29.1 Å². The number of methoxy groups -OCH3 is 1. The maximum absolute atomic E-state index is 12.2. The van der Waals surface area contributed by atoms with Gasteiger partial charge in [-0.25, -0.2) is 0 Å². The van der Waals surface area contributed by atoms with Gasteiger partial charge in [0.25, 0.3) is 0 Å². The van der Waals surface area contributed by atoms with Gasteiger partial charge in [-0.1, -0.05) is 24.3 Å². The van der Waals surface area contributed by atoms with E-state index in [1.165, 1.54) is 7.11 Å². The van der Waals surface area contributed by atoms with Crippen molar-refractivity contribution in [3.8, 4) is 0 Å². The van der Waals surface area contributed by atoms with Crippen LogP contribution in [0.1, 0.15) is 28.6 Å². The van der Waals surface area contributed by atoms with Crippen LogP contribution in [0, 0.1) is 6.92 Å². The van der Waals surface area contributed by atoms with Crippen molar-refractivity contribution < 1.29 is 9.53 Å². The molecule has 0 aliphatic carbocycles. The summed E-state index contributed by atoms with van der Waals surface area (Å²) in [6, 6.07) is 11.6. The molecule has 0 amide bonds. The number of rotatable bonds is 2. The Hall–Kier alpha value is -2.66. The quantitative estimate of drug-likeness (QED) is 0.712. The number of aryl methyl sites for hydroxylation is 1. The summed E-state index contributed by atoms with van der Waals surface area (Å²) in [4.78, 5) is 20.3. The molecular weight excluding hydrogens is 302 g/mol. The van der Waals surface area contributed by atoms with Crippen molar-refractivity contribution in [1.29, 1.82) is 0 Å². The number of aromatic amines is 1. The number of carbonyl (C=O) groups excluding carboxylic acids is 1. The molecule has 0 radical (unpaired) electrons. The van der Waals surface area contributed by atoms with Crippen LogP contribution in [0.15, 0.2) is 42.6 Å². The normalized spacial score (nSPS) is 19.9. The molecule has 2 unspecified atom stereocenters. The number of fused-ring (bicyclic) bond motifs is 3. The van der Waals surface area contributed by atoms with E-state index in [-0.39, 0.29) is 18.1 Å². The Morgan fingerprint density at radius 1 is 1.25 bits per heavy atom. The molecular formula is C19H19N3O2. The fraction of sp³-hybridized carbons (Fsp3) is 0.263. The van der Waals surface area contributed by atoms with E-state index in [4.69, 9.17) is 4.74 Å². The minimum absolute atomic E-state index is 0.161.